The van der Waals surface area contributed by atoms with Crippen LogP contribution in [-0.4, -0.2) is 0 Å². The van der Waals surface area contributed by atoms with Crippen molar-refractivity contribution in [2.75, 3.05) is 11.5 Å². The molecule has 1 aliphatic carbocycles. The molecule has 1 aliphatic rings. The third kappa shape index (κ3) is 3.08. The first-order valence-electron chi connectivity index (χ1n) is 11.0. The number of halogens is 2. The fourth-order valence-electron chi connectivity index (χ4n) is 5.44. The SMILES string of the molecule is Cc1cc(C2(c3cc(C)c(N)c(C)c3)c3cc(Cl)ccc3-c3ccc(Cl)cc32)cc(C)c1N. The van der Waals surface area contributed by atoms with E-state index in [0.717, 1.165) is 67.0 Å². The summed E-state index contributed by atoms with van der Waals surface area (Å²) in [7, 11) is 0. The molecular weight excluding hydrogens is 447 g/mol. The van der Waals surface area contributed by atoms with Gasteiger partial charge in [0.05, 0.1) is 5.41 Å². The van der Waals surface area contributed by atoms with Crippen LogP contribution in [-0.2, 0) is 5.41 Å². The van der Waals surface area contributed by atoms with Gasteiger partial charge in [-0.25, -0.2) is 0 Å². The molecule has 0 saturated carbocycles. The quantitative estimate of drug-likeness (QED) is 0.258. The van der Waals surface area contributed by atoms with Crippen LogP contribution >= 0.6 is 23.2 Å². The molecule has 0 atom stereocenters. The molecule has 166 valence electrons. The standard InChI is InChI=1S/C29H26Cl2N2/c1-15-9-19(10-16(2)27(15)32)29(20-11-17(3)28(33)18(4)12-20)25-13-21(30)5-7-23(25)24-8-6-22(31)14-26(24)29/h5-14H,32-33H2,1-4H3. The minimum absolute atomic E-state index is 0.604. The fourth-order valence-corrected chi connectivity index (χ4v) is 5.78. The third-order valence-electron chi connectivity index (χ3n) is 7.11. The fraction of sp³-hybridized carbons (Fsp3) is 0.172. The topological polar surface area (TPSA) is 52.0 Å². The van der Waals surface area contributed by atoms with Crippen LogP contribution in [0.15, 0.2) is 60.7 Å². The summed E-state index contributed by atoms with van der Waals surface area (Å²) in [5.74, 6) is 0. The first kappa shape index (κ1) is 21.9. The van der Waals surface area contributed by atoms with Gasteiger partial charge in [0.15, 0.2) is 0 Å². The second-order valence-corrected chi connectivity index (χ2v) is 10.1. The molecule has 0 unspecified atom stereocenters. The molecule has 4 aromatic carbocycles. The van der Waals surface area contributed by atoms with Crippen molar-refractivity contribution in [1.29, 1.82) is 0 Å². The number of benzene rings is 4. The predicted molar refractivity (Wildman–Crippen MR) is 142 cm³/mol. The van der Waals surface area contributed by atoms with Crippen molar-refractivity contribution < 1.29 is 0 Å². The summed E-state index contributed by atoms with van der Waals surface area (Å²) in [6.45, 7) is 8.24. The highest BCUT2D eigenvalue weighted by Gasteiger charge is 2.47. The normalized spacial score (nSPS) is 13.6. The molecule has 0 radical (unpaired) electrons. The summed E-state index contributed by atoms with van der Waals surface area (Å²) in [5.41, 5.74) is 24.8. The van der Waals surface area contributed by atoms with E-state index in [1.165, 1.54) is 0 Å². The maximum Gasteiger partial charge on any atom is 0.0715 e. The van der Waals surface area contributed by atoms with E-state index in [9.17, 15) is 0 Å². The molecule has 0 saturated heterocycles. The maximum absolute atomic E-state index is 6.61. The van der Waals surface area contributed by atoms with Gasteiger partial charge >= 0.3 is 0 Å². The predicted octanol–water partition coefficient (Wildman–Crippen LogP) is 7.75. The van der Waals surface area contributed by atoms with Gasteiger partial charge in [0.25, 0.3) is 0 Å². The van der Waals surface area contributed by atoms with Crippen LogP contribution < -0.4 is 11.5 Å². The lowest BCUT2D eigenvalue weighted by atomic mass is 9.66. The number of nitrogens with two attached hydrogens (primary N) is 2. The van der Waals surface area contributed by atoms with E-state index >= 15 is 0 Å². The van der Waals surface area contributed by atoms with Crippen molar-refractivity contribution in [3.8, 4) is 11.1 Å². The third-order valence-corrected chi connectivity index (χ3v) is 7.59. The van der Waals surface area contributed by atoms with Crippen LogP contribution in [0.2, 0.25) is 10.0 Å². The van der Waals surface area contributed by atoms with Crippen LogP contribution in [0.25, 0.3) is 11.1 Å². The zero-order valence-corrected chi connectivity index (χ0v) is 20.7. The summed E-state index contributed by atoms with van der Waals surface area (Å²) in [6, 6.07) is 21.1. The average molecular weight is 473 g/mol. The highest BCUT2D eigenvalue weighted by Crippen LogP contribution is 2.57. The number of fused-ring (bicyclic) bond motifs is 3. The Morgan fingerprint density at radius 3 is 1.21 bits per heavy atom. The molecule has 2 nitrogen and oxygen atoms in total. The van der Waals surface area contributed by atoms with Crippen LogP contribution in [0.3, 0.4) is 0 Å². The Bertz CT molecular complexity index is 1300. The van der Waals surface area contributed by atoms with Gasteiger partial charge in [-0.1, -0.05) is 59.6 Å². The minimum atomic E-state index is -0.604. The number of aryl methyl sites for hydroxylation is 4. The Morgan fingerprint density at radius 2 is 0.879 bits per heavy atom. The number of nitrogen functional groups attached to an aromatic ring is 2. The van der Waals surface area contributed by atoms with Gasteiger partial charge in [-0.2, -0.15) is 0 Å². The molecule has 4 aromatic rings. The Labute approximate surface area is 205 Å². The summed E-state index contributed by atoms with van der Waals surface area (Å²) < 4.78 is 0. The van der Waals surface area contributed by atoms with E-state index < -0.39 is 5.41 Å². The Kier molecular flexibility index (Phi) is 5.00. The van der Waals surface area contributed by atoms with Crippen LogP contribution in [0.4, 0.5) is 11.4 Å². The lowest BCUT2D eigenvalue weighted by Gasteiger charge is -2.35. The van der Waals surface area contributed by atoms with Gasteiger partial charge in [-0.05, 0) is 108 Å². The Balaban J connectivity index is 2.03. The zero-order chi connectivity index (χ0) is 23.7. The average Bonchev–Trinajstić information content (AvgIpc) is 3.04. The first-order valence-corrected chi connectivity index (χ1v) is 11.7. The summed E-state index contributed by atoms with van der Waals surface area (Å²) in [6.07, 6.45) is 0. The molecule has 0 fully saturated rings. The van der Waals surface area contributed by atoms with Crippen LogP contribution in [0.5, 0.6) is 0 Å². The van der Waals surface area contributed by atoms with Gasteiger partial charge in [0.1, 0.15) is 0 Å². The highest BCUT2D eigenvalue weighted by atomic mass is 35.5. The highest BCUT2D eigenvalue weighted by molar-refractivity contribution is 6.31. The first-order chi connectivity index (χ1) is 15.6. The van der Waals surface area contributed by atoms with Gasteiger partial charge in [-0.3, -0.25) is 0 Å². The number of hydrogen-bond acceptors (Lipinski definition) is 2. The van der Waals surface area contributed by atoms with Gasteiger partial charge in [0.2, 0.25) is 0 Å². The molecule has 4 N–H and O–H groups in total. The van der Waals surface area contributed by atoms with E-state index in [0.29, 0.717) is 10.0 Å². The van der Waals surface area contributed by atoms with Gasteiger partial charge in [-0.15, -0.1) is 0 Å². The largest absolute Gasteiger partial charge is 0.398 e. The molecular formula is C29H26Cl2N2. The molecule has 0 aromatic heterocycles. The van der Waals surface area contributed by atoms with Crippen molar-refractivity contribution in [3.63, 3.8) is 0 Å². The number of rotatable bonds is 2. The molecule has 0 bridgehead atoms. The number of anilines is 2. The molecule has 5 rings (SSSR count). The number of hydrogen-bond donors (Lipinski definition) is 2. The molecule has 0 heterocycles. The summed E-state index contributed by atoms with van der Waals surface area (Å²) in [4.78, 5) is 0. The molecule has 0 spiro atoms. The Morgan fingerprint density at radius 1 is 0.545 bits per heavy atom. The van der Waals surface area contributed by atoms with E-state index in [-0.39, 0.29) is 0 Å². The van der Waals surface area contributed by atoms with Crippen LogP contribution in [0, 0.1) is 27.7 Å². The lowest BCUT2D eigenvalue weighted by molar-refractivity contribution is 0.764. The van der Waals surface area contributed by atoms with Crippen molar-refractivity contribution in [2.45, 2.75) is 33.1 Å². The monoisotopic (exact) mass is 472 g/mol. The molecule has 33 heavy (non-hydrogen) atoms. The second kappa shape index (κ2) is 7.55. The van der Waals surface area contributed by atoms with Gasteiger partial charge < -0.3 is 11.5 Å². The molecule has 0 amide bonds. The van der Waals surface area contributed by atoms with Crippen molar-refractivity contribution in [2.24, 2.45) is 0 Å². The second-order valence-electron chi connectivity index (χ2n) is 9.18. The van der Waals surface area contributed by atoms with Crippen molar-refractivity contribution in [1.82, 2.24) is 0 Å². The molecule has 0 aliphatic heterocycles. The van der Waals surface area contributed by atoms with E-state index in [2.05, 4.69) is 76.2 Å². The van der Waals surface area contributed by atoms with Crippen molar-refractivity contribution in [3.05, 3.63) is 115 Å². The maximum atomic E-state index is 6.61. The van der Waals surface area contributed by atoms with Gasteiger partial charge in [0, 0.05) is 21.4 Å². The minimum Gasteiger partial charge on any atom is -0.398 e. The van der Waals surface area contributed by atoms with E-state index in [1.54, 1.807) is 0 Å². The van der Waals surface area contributed by atoms with E-state index in [1.807, 2.05) is 12.1 Å². The Hall–Kier alpha value is -2.94. The molecule has 4 heteroatoms. The summed E-state index contributed by atoms with van der Waals surface area (Å²) in [5, 5.41) is 1.40. The lowest BCUT2D eigenvalue weighted by Crippen LogP contribution is -2.29. The zero-order valence-electron chi connectivity index (χ0n) is 19.2. The van der Waals surface area contributed by atoms with Crippen molar-refractivity contribution >= 4 is 34.6 Å². The van der Waals surface area contributed by atoms with E-state index in [4.69, 9.17) is 34.7 Å². The smallest absolute Gasteiger partial charge is 0.0715 e. The summed E-state index contributed by atoms with van der Waals surface area (Å²) >= 11 is 13.2. The van der Waals surface area contributed by atoms with Crippen LogP contribution in [0.1, 0.15) is 44.5 Å².